The summed E-state index contributed by atoms with van der Waals surface area (Å²) in [6.45, 7) is 2.09. The fraction of sp³-hybridized carbons (Fsp3) is 0.0250. The summed E-state index contributed by atoms with van der Waals surface area (Å²) in [5.41, 5.74) is 8.94. The Labute approximate surface area is 259 Å². The Morgan fingerprint density at radius 3 is 1.80 bits per heavy atom. The van der Waals surface area contributed by atoms with Crippen molar-refractivity contribution in [2.45, 2.75) is 6.92 Å². The first-order valence-corrected chi connectivity index (χ1v) is 15.0. The predicted molar refractivity (Wildman–Crippen MR) is 182 cm³/mol. The standard InChI is InChI=1S/C40H26N4O/c1-25-23-35-32(24-31(25)40-42-38(26-13-5-2-6-14-26)41-39(43-40)27-15-7-3-8-16-27)36-34(45-35)22-21-30-29-19-11-12-20-33(29)44(37(30)36)28-17-9-4-10-18-28/h2-24H,1H3. The average molecular weight is 579 g/mol. The third-order valence-electron chi connectivity index (χ3n) is 8.57. The summed E-state index contributed by atoms with van der Waals surface area (Å²) in [5.74, 6) is 1.91. The molecule has 6 aromatic carbocycles. The van der Waals surface area contributed by atoms with Gasteiger partial charge in [-0.25, -0.2) is 15.0 Å². The van der Waals surface area contributed by atoms with E-state index in [1.54, 1.807) is 0 Å². The van der Waals surface area contributed by atoms with Gasteiger partial charge in [0.05, 0.1) is 16.4 Å². The molecule has 212 valence electrons. The molecular formula is C40H26N4O. The highest BCUT2D eigenvalue weighted by Gasteiger charge is 2.21. The van der Waals surface area contributed by atoms with E-state index in [4.69, 9.17) is 19.4 Å². The molecule has 0 aliphatic rings. The Balaban J connectivity index is 1.36. The van der Waals surface area contributed by atoms with E-state index in [-0.39, 0.29) is 0 Å². The van der Waals surface area contributed by atoms with Crippen molar-refractivity contribution in [1.29, 1.82) is 0 Å². The third kappa shape index (κ3) is 4.05. The van der Waals surface area contributed by atoms with Gasteiger partial charge < -0.3 is 8.98 Å². The molecule has 0 N–H and O–H groups in total. The Kier molecular flexibility index (Phi) is 5.65. The molecule has 3 aromatic heterocycles. The molecule has 0 aliphatic heterocycles. The largest absolute Gasteiger partial charge is 0.456 e. The second-order valence-electron chi connectivity index (χ2n) is 11.3. The Bertz CT molecular complexity index is 2470. The van der Waals surface area contributed by atoms with Gasteiger partial charge in [0.25, 0.3) is 0 Å². The normalized spacial score (nSPS) is 11.7. The van der Waals surface area contributed by atoms with Crippen molar-refractivity contribution in [3.8, 4) is 39.9 Å². The molecule has 0 saturated heterocycles. The Morgan fingerprint density at radius 1 is 0.511 bits per heavy atom. The van der Waals surface area contributed by atoms with E-state index < -0.39 is 0 Å². The van der Waals surface area contributed by atoms with Gasteiger partial charge in [0, 0.05) is 38.5 Å². The fourth-order valence-corrected chi connectivity index (χ4v) is 6.48. The van der Waals surface area contributed by atoms with Crippen LogP contribution in [0.4, 0.5) is 0 Å². The number of benzene rings is 6. The van der Waals surface area contributed by atoms with Gasteiger partial charge in [0.1, 0.15) is 11.2 Å². The van der Waals surface area contributed by atoms with E-state index in [1.165, 1.54) is 10.8 Å². The van der Waals surface area contributed by atoms with Crippen LogP contribution in [0.3, 0.4) is 0 Å². The van der Waals surface area contributed by atoms with E-state index in [0.29, 0.717) is 17.5 Å². The number of furan rings is 1. The maximum Gasteiger partial charge on any atom is 0.164 e. The highest BCUT2D eigenvalue weighted by Crippen LogP contribution is 2.42. The van der Waals surface area contributed by atoms with Gasteiger partial charge in [-0.2, -0.15) is 0 Å². The van der Waals surface area contributed by atoms with E-state index in [0.717, 1.165) is 60.9 Å². The summed E-state index contributed by atoms with van der Waals surface area (Å²) in [6.07, 6.45) is 0. The molecule has 3 heterocycles. The molecule has 9 aromatic rings. The quantitative estimate of drug-likeness (QED) is 0.208. The van der Waals surface area contributed by atoms with Crippen LogP contribution in [-0.2, 0) is 0 Å². The highest BCUT2D eigenvalue weighted by molar-refractivity contribution is 6.24. The maximum absolute atomic E-state index is 6.54. The van der Waals surface area contributed by atoms with Crippen molar-refractivity contribution in [2.24, 2.45) is 0 Å². The number of para-hydroxylation sites is 2. The number of rotatable bonds is 4. The molecule has 0 unspecified atom stereocenters. The summed E-state index contributed by atoms with van der Waals surface area (Å²) in [5, 5.41) is 4.49. The SMILES string of the molecule is Cc1cc2oc3ccc4c5ccccc5n(-c5ccccc5)c4c3c2cc1-c1nc(-c2ccccc2)nc(-c2ccccc2)n1. The topological polar surface area (TPSA) is 56.7 Å². The molecule has 0 bridgehead atoms. The van der Waals surface area contributed by atoms with Crippen LogP contribution in [0.25, 0.3) is 83.6 Å². The number of hydrogen-bond acceptors (Lipinski definition) is 4. The smallest absolute Gasteiger partial charge is 0.164 e. The lowest BCUT2D eigenvalue weighted by atomic mass is 10.0. The van der Waals surface area contributed by atoms with Gasteiger partial charge in [-0.05, 0) is 55.0 Å². The lowest BCUT2D eigenvalue weighted by molar-refractivity contribution is 0.669. The van der Waals surface area contributed by atoms with Crippen molar-refractivity contribution in [3.63, 3.8) is 0 Å². The van der Waals surface area contributed by atoms with E-state index in [1.807, 2.05) is 60.7 Å². The summed E-state index contributed by atoms with van der Waals surface area (Å²) in [7, 11) is 0. The molecule has 0 saturated carbocycles. The lowest BCUT2D eigenvalue weighted by Crippen LogP contribution is -2.01. The van der Waals surface area contributed by atoms with E-state index in [9.17, 15) is 0 Å². The molecule has 45 heavy (non-hydrogen) atoms. The first-order valence-electron chi connectivity index (χ1n) is 15.0. The van der Waals surface area contributed by atoms with Crippen LogP contribution < -0.4 is 0 Å². The molecule has 0 radical (unpaired) electrons. The van der Waals surface area contributed by atoms with Gasteiger partial charge in [-0.15, -0.1) is 0 Å². The minimum atomic E-state index is 0.632. The molecule has 0 atom stereocenters. The number of aromatic nitrogens is 4. The van der Waals surface area contributed by atoms with Gasteiger partial charge in [-0.1, -0.05) is 97.1 Å². The van der Waals surface area contributed by atoms with Gasteiger partial charge in [0.15, 0.2) is 17.5 Å². The third-order valence-corrected chi connectivity index (χ3v) is 8.57. The molecule has 5 heteroatoms. The first kappa shape index (κ1) is 25.4. The summed E-state index contributed by atoms with van der Waals surface area (Å²) in [6, 6.07) is 47.9. The van der Waals surface area contributed by atoms with Crippen LogP contribution in [0.15, 0.2) is 144 Å². The van der Waals surface area contributed by atoms with Crippen LogP contribution in [-0.4, -0.2) is 19.5 Å². The van der Waals surface area contributed by atoms with Crippen LogP contribution in [0, 0.1) is 6.92 Å². The van der Waals surface area contributed by atoms with E-state index >= 15 is 0 Å². The second kappa shape index (κ2) is 10.00. The van der Waals surface area contributed by atoms with Crippen molar-refractivity contribution < 1.29 is 4.42 Å². The van der Waals surface area contributed by atoms with Crippen LogP contribution in [0.2, 0.25) is 0 Å². The molecule has 0 spiro atoms. The van der Waals surface area contributed by atoms with Crippen LogP contribution >= 0.6 is 0 Å². The molecule has 0 fully saturated rings. The predicted octanol–water partition coefficient (Wildman–Crippen LogP) is 10.2. The zero-order valence-corrected chi connectivity index (χ0v) is 24.5. The van der Waals surface area contributed by atoms with Crippen LogP contribution in [0.1, 0.15) is 5.56 Å². The zero-order chi connectivity index (χ0) is 29.9. The summed E-state index contributed by atoms with van der Waals surface area (Å²) in [4.78, 5) is 15.0. The second-order valence-corrected chi connectivity index (χ2v) is 11.3. The molecule has 9 rings (SSSR count). The van der Waals surface area contributed by atoms with Crippen molar-refractivity contribution >= 4 is 43.7 Å². The Morgan fingerprint density at radius 2 is 1.11 bits per heavy atom. The number of aryl methyl sites for hydroxylation is 1. The van der Waals surface area contributed by atoms with Gasteiger partial charge in [0.2, 0.25) is 0 Å². The zero-order valence-electron chi connectivity index (χ0n) is 24.5. The maximum atomic E-state index is 6.54. The van der Waals surface area contributed by atoms with Crippen molar-refractivity contribution in [1.82, 2.24) is 19.5 Å². The Hall–Kier alpha value is -6.07. The van der Waals surface area contributed by atoms with Crippen molar-refractivity contribution in [2.75, 3.05) is 0 Å². The minimum absolute atomic E-state index is 0.632. The van der Waals surface area contributed by atoms with E-state index in [2.05, 4.69) is 90.4 Å². The number of nitrogens with zero attached hydrogens (tertiary/aromatic N) is 4. The lowest BCUT2D eigenvalue weighted by Gasteiger charge is -2.11. The summed E-state index contributed by atoms with van der Waals surface area (Å²) >= 11 is 0. The molecule has 0 amide bonds. The van der Waals surface area contributed by atoms with Crippen molar-refractivity contribution in [3.05, 3.63) is 145 Å². The van der Waals surface area contributed by atoms with Crippen LogP contribution in [0.5, 0.6) is 0 Å². The van der Waals surface area contributed by atoms with Gasteiger partial charge in [-0.3, -0.25) is 0 Å². The number of fused-ring (bicyclic) bond motifs is 7. The first-order chi connectivity index (χ1) is 22.2. The fourth-order valence-electron chi connectivity index (χ4n) is 6.48. The molecular weight excluding hydrogens is 552 g/mol. The van der Waals surface area contributed by atoms with Gasteiger partial charge >= 0.3 is 0 Å². The monoisotopic (exact) mass is 578 g/mol. The minimum Gasteiger partial charge on any atom is -0.456 e. The highest BCUT2D eigenvalue weighted by atomic mass is 16.3. The average Bonchev–Trinajstić information content (AvgIpc) is 3.63. The molecule has 5 nitrogen and oxygen atoms in total. The molecule has 0 aliphatic carbocycles. The number of hydrogen-bond donors (Lipinski definition) is 0. The summed E-state index contributed by atoms with van der Waals surface area (Å²) < 4.78 is 8.89.